The summed E-state index contributed by atoms with van der Waals surface area (Å²) in [6.07, 6.45) is 1.10. The van der Waals surface area contributed by atoms with Crippen LogP contribution >= 0.6 is 0 Å². The average Bonchev–Trinajstić information content (AvgIpc) is 2.54. The molecule has 0 aromatic rings. The van der Waals surface area contributed by atoms with Gasteiger partial charge in [0.05, 0.1) is 12.0 Å². The zero-order chi connectivity index (χ0) is 6.65. The molecule has 3 nitrogen and oxygen atoms in total. The molecule has 3 atom stereocenters. The molecule has 2 aliphatic carbocycles. The van der Waals surface area contributed by atoms with Gasteiger partial charge in [-0.15, -0.1) is 0 Å². The van der Waals surface area contributed by atoms with Gasteiger partial charge in [-0.1, -0.05) is 0 Å². The first-order chi connectivity index (χ1) is 4.17. The van der Waals surface area contributed by atoms with Crippen molar-refractivity contribution in [1.29, 1.82) is 0 Å². The molecule has 2 fully saturated rings. The molecule has 0 aliphatic heterocycles. The summed E-state index contributed by atoms with van der Waals surface area (Å²) < 4.78 is 0. The minimum absolute atomic E-state index is 0.147. The van der Waals surface area contributed by atoms with Gasteiger partial charge in [-0.3, -0.25) is 4.79 Å². The fraction of sp³-hybridized carbons (Fsp3) is 0.833. The summed E-state index contributed by atoms with van der Waals surface area (Å²) in [5.74, 6) is -0.973. The van der Waals surface area contributed by atoms with Crippen LogP contribution in [0, 0.1) is 11.3 Å². The molecule has 0 aromatic carbocycles. The van der Waals surface area contributed by atoms with Crippen LogP contribution in [0.25, 0.3) is 0 Å². The number of carboxylic acid groups (broad SMARTS) is 1. The molecule has 2 saturated carbocycles. The highest BCUT2D eigenvalue weighted by atomic mass is 16.4. The van der Waals surface area contributed by atoms with Crippen LogP contribution in [0.1, 0.15) is 12.8 Å². The lowest BCUT2D eigenvalue weighted by molar-refractivity contribution is -0.139. The van der Waals surface area contributed by atoms with E-state index < -0.39 is 5.97 Å². The molecule has 2 N–H and O–H groups in total. The van der Waals surface area contributed by atoms with Crippen LogP contribution in [0.5, 0.6) is 0 Å². The van der Waals surface area contributed by atoms with Crippen LogP contribution in [0.4, 0.5) is 0 Å². The van der Waals surface area contributed by atoms with Gasteiger partial charge in [0.25, 0.3) is 0 Å². The Hall–Kier alpha value is -0.570. The van der Waals surface area contributed by atoms with Crippen LogP contribution in [-0.2, 0) is 4.79 Å². The minimum Gasteiger partial charge on any atom is -0.481 e. The molecule has 50 valence electrons. The van der Waals surface area contributed by atoms with Crippen molar-refractivity contribution in [3.05, 3.63) is 0 Å². The first kappa shape index (κ1) is 5.23. The Labute approximate surface area is 52.3 Å². The van der Waals surface area contributed by atoms with Crippen LogP contribution < -0.4 is 0 Å². The van der Waals surface area contributed by atoms with E-state index in [9.17, 15) is 4.79 Å². The quantitative estimate of drug-likeness (QED) is 0.516. The molecule has 1 spiro atoms. The Morgan fingerprint density at radius 1 is 1.56 bits per heavy atom. The third kappa shape index (κ3) is 0.477. The molecule has 2 aliphatic rings. The molecule has 9 heavy (non-hydrogen) atoms. The van der Waals surface area contributed by atoms with Gasteiger partial charge < -0.3 is 10.2 Å². The molecular weight excluding hydrogens is 120 g/mol. The predicted octanol–water partition coefficient (Wildman–Crippen LogP) is -0.158. The summed E-state index contributed by atoms with van der Waals surface area (Å²) in [7, 11) is 0. The fourth-order valence-corrected chi connectivity index (χ4v) is 1.55. The molecule has 0 bridgehead atoms. The SMILES string of the molecule is O=C(O)C1CC12CC2O. The van der Waals surface area contributed by atoms with E-state index in [0.717, 1.165) is 0 Å². The number of rotatable bonds is 1. The lowest BCUT2D eigenvalue weighted by Crippen LogP contribution is -2.01. The van der Waals surface area contributed by atoms with Crippen LogP contribution in [-0.4, -0.2) is 22.3 Å². The fourth-order valence-electron chi connectivity index (χ4n) is 1.55. The van der Waals surface area contributed by atoms with E-state index in [0.29, 0.717) is 12.8 Å². The van der Waals surface area contributed by atoms with E-state index in [1.54, 1.807) is 0 Å². The van der Waals surface area contributed by atoms with Crippen molar-refractivity contribution in [1.82, 2.24) is 0 Å². The lowest BCUT2D eigenvalue weighted by Gasteiger charge is -1.84. The van der Waals surface area contributed by atoms with Crippen molar-refractivity contribution in [3.8, 4) is 0 Å². The third-order valence-corrected chi connectivity index (χ3v) is 2.49. The Morgan fingerprint density at radius 3 is 2.22 bits per heavy atom. The smallest absolute Gasteiger partial charge is 0.307 e. The first-order valence-electron chi connectivity index (χ1n) is 3.08. The molecule has 0 heterocycles. The van der Waals surface area contributed by atoms with Crippen molar-refractivity contribution in [2.75, 3.05) is 0 Å². The summed E-state index contributed by atoms with van der Waals surface area (Å²) in [5, 5.41) is 17.3. The minimum atomic E-state index is -0.744. The van der Waals surface area contributed by atoms with Crippen molar-refractivity contribution in [2.45, 2.75) is 18.9 Å². The second-order valence-electron chi connectivity index (χ2n) is 3.05. The van der Waals surface area contributed by atoms with Crippen LogP contribution in [0.15, 0.2) is 0 Å². The van der Waals surface area contributed by atoms with Gasteiger partial charge in [-0.05, 0) is 12.8 Å². The summed E-state index contributed by atoms with van der Waals surface area (Å²) in [6, 6.07) is 0. The standard InChI is InChI=1S/C6H8O3/c7-4-2-6(4)1-3(6)5(8)9/h3-4,7H,1-2H2,(H,8,9). The molecule has 3 unspecified atom stereocenters. The molecule has 2 rings (SSSR count). The summed E-state index contributed by atoms with van der Waals surface area (Å²) in [5.41, 5.74) is -0.147. The number of hydrogen-bond donors (Lipinski definition) is 2. The number of carboxylic acids is 1. The molecule has 3 heteroatoms. The van der Waals surface area contributed by atoms with Crippen LogP contribution in [0.3, 0.4) is 0 Å². The largest absolute Gasteiger partial charge is 0.481 e. The highest BCUT2D eigenvalue weighted by Gasteiger charge is 2.73. The lowest BCUT2D eigenvalue weighted by atomic mass is 10.3. The number of aliphatic hydroxyl groups is 1. The summed E-state index contributed by atoms with van der Waals surface area (Å²) in [4.78, 5) is 10.3. The second-order valence-corrected chi connectivity index (χ2v) is 3.05. The zero-order valence-corrected chi connectivity index (χ0v) is 4.87. The van der Waals surface area contributed by atoms with Gasteiger partial charge >= 0.3 is 5.97 Å². The predicted molar refractivity (Wildman–Crippen MR) is 28.8 cm³/mol. The number of hydrogen-bond acceptors (Lipinski definition) is 2. The maximum absolute atomic E-state index is 10.3. The molecule has 0 amide bonds. The average molecular weight is 128 g/mol. The highest BCUT2D eigenvalue weighted by Crippen LogP contribution is 2.70. The van der Waals surface area contributed by atoms with E-state index in [1.165, 1.54) is 0 Å². The maximum atomic E-state index is 10.3. The van der Waals surface area contributed by atoms with Crippen molar-refractivity contribution >= 4 is 5.97 Å². The van der Waals surface area contributed by atoms with E-state index in [2.05, 4.69) is 0 Å². The monoisotopic (exact) mass is 128 g/mol. The van der Waals surface area contributed by atoms with Crippen LogP contribution in [0.2, 0.25) is 0 Å². The van der Waals surface area contributed by atoms with E-state index in [4.69, 9.17) is 10.2 Å². The number of carbonyl (C=O) groups is 1. The molecule has 0 aromatic heterocycles. The Kier molecular flexibility index (Phi) is 0.662. The van der Waals surface area contributed by atoms with Gasteiger partial charge in [0.2, 0.25) is 0 Å². The van der Waals surface area contributed by atoms with Gasteiger partial charge in [0.15, 0.2) is 0 Å². The highest BCUT2D eigenvalue weighted by molar-refractivity contribution is 5.76. The van der Waals surface area contributed by atoms with E-state index >= 15 is 0 Å². The summed E-state index contributed by atoms with van der Waals surface area (Å²) >= 11 is 0. The molecule has 0 radical (unpaired) electrons. The topological polar surface area (TPSA) is 57.5 Å². The third-order valence-electron chi connectivity index (χ3n) is 2.49. The van der Waals surface area contributed by atoms with Gasteiger partial charge in [0, 0.05) is 5.41 Å². The number of aliphatic hydroxyl groups excluding tert-OH is 1. The van der Waals surface area contributed by atoms with E-state index in [-0.39, 0.29) is 17.4 Å². The van der Waals surface area contributed by atoms with Crippen molar-refractivity contribution < 1.29 is 15.0 Å². The maximum Gasteiger partial charge on any atom is 0.307 e. The van der Waals surface area contributed by atoms with Crippen molar-refractivity contribution in [3.63, 3.8) is 0 Å². The van der Waals surface area contributed by atoms with Gasteiger partial charge in [-0.25, -0.2) is 0 Å². The van der Waals surface area contributed by atoms with Gasteiger partial charge in [-0.2, -0.15) is 0 Å². The normalized spacial score (nSPS) is 53.4. The Balaban J connectivity index is 2.04. The van der Waals surface area contributed by atoms with Crippen molar-refractivity contribution in [2.24, 2.45) is 11.3 Å². The van der Waals surface area contributed by atoms with Gasteiger partial charge in [0.1, 0.15) is 0 Å². The zero-order valence-electron chi connectivity index (χ0n) is 4.87. The molecule has 0 saturated heterocycles. The second kappa shape index (κ2) is 1.14. The summed E-state index contributed by atoms with van der Waals surface area (Å²) in [6.45, 7) is 0. The molecular formula is C6H8O3. The Bertz CT molecular complexity index is 177. The number of aliphatic carboxylic acids is 1. The van der Waals surface area contributed by atoms with E-state index in [1.807, 2.05) is 0 Å². The Morgan fingerprint density at radius 2 is 2.11 bits per heavy atom. The first-order valence-corrected chi connectivity index (χ1v) is 3.08.